The van der Waals surface area contributed by atoms with E-state index in [0.717, 1.165) is 4.88 Å². The molecule has 0 bridgehead atoms. The number of thiophene rings is 1. The van der Waals surface area contributed by atoms with Gasteiger partial charge in [0.05, 0.1) is 0 Å². The van der Waals surface area contributed by atoms with Crippen LogP contribution in [-0.2, 0) is 14.8 Å². The van der Waals surface area contributed by atoms with Crippen LogP contribution in [0.3, 0.4) is 0 Å². The van der Waals surface area contributed by atoms with Crippen LogP contribution in [0.4, 0.5) is 13.2 Å². The van der Waals surface area contributed by atoms with Crippen molar-refractivity contribution in [2.24, 2.45) is 5.92 Å². The number of halogens is 3. The lowest BCUT2D eigenvalue weighted by Gasteiger charge is -2.30. The minimum absolute atomic E-state index is 0.128. The van der Waals surface area contributed by atoms with Crippen molar-refractivity contribution < 1.29 is 26.4 Å². The molecule has 130 valence electrons. The molecule has 23 heavy (non-hydrogen) atoms. The number of nitrogens with one attached hydrogen (secondary N) is 1. The van der Waals surface area contributed by atoms with Crippen LogP contribution < -0.4 is 5.32 Å². The summed E-state index contributed by atoms with van der Waals surface area (Å²) < 4.78 is 62.6. The van der Waals surface area contributed by atoms with E-state index in [-0.39, 0.29) is 30.1 Å². The third-order valence-electron chi connectivity index (χ3n) is 3.60. The fourth-order valence-corrected chi connectivity index (χ4v) is 5.28. The molecular formula is C13H17F3N2O3S2. The van der Waals surface area contributed by atoms with Gasteiger partial charge >= 0.3 is 6.18 Å². The fraction of sp³-hybridized carbons (Fsp3) is 0.615. The largest absolute Gasteiger partial charge is 0.405 e. The van der Waals surface area contributed by atoms with E-state index in [2.05, 4.69) is 0 Å². The monoisotopic (exact) mass is 370 g/mol. The van der Waals surface area contributed by atoms with E-state index in [4.69, 9.17) is 0 Å². The summed E-state index contributed by atoms with van der Waals surface area (Å²) in [5, 5.41) is 1.85. The van der Waals surface area contributed by atoms with Gasteiger partial charge in [-0.3, -0.25) is 4.79 Å². The lowest BCUT2D eigenvalue weighted by molar-refractivity contribution is -0.141. The highest BCUT2D eigenvalue weighted by atomic mass is 32.2. The Balaban J connectivity index is 1.92. The molecule has 0 atom stereocenters. The molecule has 1 N–H and O–H groups in total. The van der Waals surface area contributed by atoms with E-state index in [9.17, 15) is 26.4 Å². The first kappa shape index (κ1) is 18.2. The number of rotatable bonds is 4. The van der Waals surface area contributed by atoms with Gasteiger partial charge < -0.3 is 5.32 Å². The topological polar surface area (TPSA) is 66.5 Å². The Morgan fingerprint density at radius 1 is 1.35 bits per heavy atom. The first-order valence-corrected chi connectivity index (χ1v) is 9.26. The molecule has 1 aliphatic heterocycles. The SMILES string of the molecule is Cc1ccc(S(=O)(=O)N2CCC(C(=O)NCC(F)(F)F)CC2)s1. The Morgan fingerprint density at radius 3 is 2.43 bits per heavy atom. The van der Waals surface area contributed by atoms with E-state index < -0.39 is 34.6 Å². The van der Waals surface area contributed by atoms with Gasteiger partial charge in [0.1, 0.15) is 10.8 Å². The molecule has 2 heterocycles. The molecule has 5 nitrogen and oxygen atoms in total. The highest BCUT2D eigenvalue weighted by Gasteiger charge is 2.34. The maximum atomic E-state index is 12.4. The molecule has 0 aromatic carbocycles. The van der Waals surface area contributed by atoms with Crippen molar-refractivity contribution in [1.29, 1.82) is 0 Å². The minimum atomic E-state index is -4.45. The van der Waals surface area contributed by atoms with Crippen molar-refractivity contribution in [2.75, 3.05) is 19.6 Å². The molecular weight excluding hydrogens is 353 g/mol. The van der Waals surface area contributed by atoms with E-state index >= 15 is 0 Å². The van der Waals surface area contributed by atoms with E-state index in [0.29, 0.717) is 0 Å². The predicted octanol–water partition coefficient (Wildman–Crippen LogP) is 2.14. The third kappa shape index (κ3) is 4.67. The molecule has 1 aliphatic rings. The summed E-state index contributed by atoms with van der Waals surface area (Å²) in [7, 11) is -3.59. The van der Waals surface area contributed by atoms with Gasteiger partial charge in [0.2, 0.25) is 5.91 Å². The van der Waals surface area contributed by atoms with Crippen LogP contribution in [0.25, 0.3) is 0 Å². The standard InChI is InChI=1S/C13H17F3N2O3S2/c1-9-2-3-11(22-9)23(20,21)18-6-4-10(5-7-18)12(19)17-8-13(14,15)16/h2-3,10H,4-8H2,1H3,(H,17,19). The number of alkyl halides is 3. The summed E-state index contributed by atoms with van der Waals surface area (Å²) in [5.41, 5.74) is 0. The number of piperidine rings is 1. The van der Waals surface area contributed by atoms with Gasteiger partial charge in [-0.1, -0.05) is 0 Å². The summed E-state index contributed by atoms with van der Waals surface area (Å²) >= 11 is 1.17. The number of carbonyl (C=O) groups excluding carboxylic acids is 1. The molecule has 0 spiro atoms. The van der Waals surface area contributed by atoms with E-state index in [1.165, 1.54) is 21.7 Å². The normalized spacial score (nSPS) is 18.1. The lowest BCUT2D eigenvalue weighted by atomic mass is 9.97. The smallest absolute Gasteiger partial charge is 0.347 e. The Bertz CT molecular complexity index is 662. The van der Waals surface area contributed by atoms with E-state index in [1.54, 1.807) is 13.0 Å². The van der Waals surface area contributed by atoms with Crippen LogP contribution in [-0.4, -0.2) is 44.4 Å². The second-order valence-corrected chi connectivity index (χ2v) is 8.83. The zero-order valence-corrected chi connectivity index (χ0v) is 14.0. The van der Waals surface area contributed by atoms with Crippen molar-refractivity contribution in [3.8, 4) is 0 Å². The number of sulfonamides is 1. The molecule has 2 rings (SSSR count). The zero-order valence-electron chi connectivity index (χ0n) is 12.4. The van der Waals surface area contributed by atoms with Gasteiger partial charge in [-0.2, -0.15) is 17.5 Å². The molecule has 0 saturated carbocycles. The first-order valence-electron chi connectivity index (χ1n) is 7.00. The number of amides is 1. The maximum Gasteiger partial charge on any atom is 0.405 e. The molecule has 0 radical (unpaired) electrons. The molecule has 1 aromatic rings. The molecule has 0 unspecified atom stereocenters. The van der Waals surface area contributed by atoms with Crippen molar-refractivity contribution in [2.45, 2.75) is 30.2 Å². The molecule has 0 aliphatic carbocycles. The fourth-order valence-electron chi connectivity index (χ4n) is 2.37. The van der Waals surface area contributed by atoms with Crippen LogP contribution in [0, 0.1) is 12.8 Å². The third-order valence-corrected chi connectivity index (χ3v) is 6.96. The van der Waals surface area contributed by atoms with Gasteiger partial charge in [0.25, 0.3) is 10.0 Å². The second kappa shape index (κ2) is 6.78. The number of carbonyl (C=O) groups is 1. The van der Waals surface area contributed by atoms with Gasteiger partial charge in [-0.25, -0.2) is 8.42 Å². The van der Waals surface area contributed by atoms with Gasteiger partial charge in [-0.15, -0.1) is 11.3 Å². The Kier molecular flexibility index (Phi) is 5.37. The van der Waals surface area contributed by atoms with Gasteiger partial charge in [0, 0.05) is 23.9 Å². The molecule has 10 heteroatoms. The summed E-state index contributed by atoms with van der Waals surface area (Å²) in [6.07, 6.45) is -4.02. The highest BCUT2D eigenvalue weighted by Crippen LogP contribution is 2.28. The van der Waals surface area contributed by atoms with Crippen molar-refractivity contribution in [3.05, 3.63) is 17.0 Å². The average Bonchev–Trinajstić information content (AvgIpc) is 2.91. The molecule has 1 aromatic heterocycles. The van der Waals surface area contributed by atoms with Crippen LogP contribution in [0.5, 0.6) is 0 Å². The Labute approximate surface area is 136 Å². The summed E-state index contributed by atoms with van der Waals surface area (Å²) in [6, 6.07) is 3.26. The van der Waals surface area contributed by atoms with Gasteiger partial charge in [0.15, 0.2) is 0 Å². The van der Waals surface area contributed by atoms with E-state index in [1.807, 2.05) is 5.32 Å². The predicted molar refractivity (Wildman–Crippen MR) is 79.6 cm³/mol. The lowest BCUT2D eigenvalue weighted by Crippen LogP contribution is -2.44. The summed E-state index contributed by atoms with van der Waals surface area (Å²) in [4.78, 5) is 12.6. The average molecular weight is 370 g/mol. The second-order valence-electron chi connectivity index (χ2n) is 5.38. The van der Waals surface area contributed by atoms with Crippen molar-refractivity contribution in [1.82, 2.24) is 9.62 Å². The Morgan fingerprint density at radius 2 is 1.96 bits per heavy atom. The quantitative estimate of drug-likeness (QED) is 0.883. The van der Waals surface area contributed by atoms with Crippen molar-refractivity contribution >= 4 is 27.3 Å². The van der Waals surface area contributed by atoms with Crippen LogP contribution in [0.1, 0.15) is 17.7 Å². The Hall–Kier alpha value is -1.13. The highest BCUT2D eigenvalue weighted by molar-refractivity contribution is 7.91. The van der Waals surface area contributed by atoms with Crippen LogP contribution >= 0.6 is 11.3 Å². The van der Waals surface area contributed by atoms with Crippen molar-refractivity contribution in [3.63, 3.8) is 0 Å². The minimum Gasteiger partial charge on any atom is -0.347 e. The molecule has 1 fully saturated rings. The molecule has 1 amide bonds. The van der Waals surface area contributed by atoms with Crippen LogP contribution in [0.15, 0.2) is 16.3 Å². The summed E-state index contributed by atoms with van der Waals surface area (Å²) in [6.45, 7) is 0.701. The maximum absolute atomic E-state index is 12.4. The number of nitrogens with zero attached hydrogens (tertiary/aromatic N) is 1. The zero-order chi connectivity index (χ0) is 17.3. The van der Waals surface area contributed by atoms with Crippen LogP contribution in [0.2, 0.25) is 0 Å². The summed E-state index contributed by atoms with van der Waals surface area (Å²) in [5.74, 6) is -1.26. The number of aryl methyl sites for hydroxylation is 1. The van der Waals surface area contributed by atoms with Gasteiger partial charge in [-0.05, 0) is 31.9 Å². The first-order chi connectivity index (χ1) is 10.6. The molecule has 1 saturated heterocycles. The number of hydrogen-bond acceptors (Lipinski definition) is 4. The number of hydrogen-bond donors (Lipinski definition) is 1.